The number of carbonyl (C=O) groups excluding carboxylic acids is 2. The number of carbonyl (C=O) groups is 2. The molecule has 0 saturated heterocycles. The van der Waals surface area contributed by atoms with Crippen LogP contribution in [-0.2, 0) is 6.54 Å². The molecule has 2 aromatic heterocycles. The van der Waals surface area contributed by atoms with Crippen LogP contribution >= 0.6 is 22.9 Å². The van der Waals surface area contributed by atoms with E-state index in [0.29, 0.717) is 21.3 Å². The Bertz CT molecular complexity index is 1340. The molecule has 0 saturated carbocycles. The van der Waals surface area contributed by atoms with Gasteiger partial charge in [-0.25, -0.2) is 13.2 Å². The van der Waals surface area contributed by atoms with Gasteiger partial charge in [0.15, 0.2) is 5.82 Å². The maximum atomic E-state index is 13.8. The molecule has 0 unspecified atom stereocenters. The summed E-state index contributed by atoms with van der Waals surface area (Å²) in [6.07, 6.45) is -1.94. The third-order valence-electron chi connectivity index (χ3n) is 4.24. The van der Waals surface area contributed by atoms with Gasteiger partial charge >= 0.3 is 0 Å². The van der Waals surface area contributed by atoms with Crippen molar-refractivity contribution in [2.24, 2.45) is 0 Å². The average Bonchev–Trinajstić information content (AvgIpc) is 3.15. The van der Waals surface area contributed by atoms with E-state index in [9.17, 15) is 27.6 Å². The third-order valence-corrected chi connectivity index (χ3v) is 5.60. The van der Waals surface area contributed by atoms with E-state index in [-0.39, 0.29) is 20.8 Å². The molecule has 3 rings (SSSR count). The van der Waals surface area contributed by atoms with Gasteiger partial charge in [0.05, 0.1) is 22.7 Å². The third kappa shape index (κ3) is 6.03. The number of pyridine rings is 1. The number of hydrogen-bond donors (Lipinski definition) is 2. The van der Waals surface area contributed by atoms with E-state index in [2.05, 4.69) is 22.5 Å². The lowest BCUT2D eigenvalue weighted by atomic mass is 10.1. The summed E-state index contributed by atoms with van der Waals surface area (Å²) in [6.45, 7) is -1.01. The molecular weight excluding hydrogens is 479 g/mol. The molecule has 6 nitrogen and oxygen atoms in total. The summed E-state index contributed by atoms with van der Waals surface area (Å²) in [5.41, 5.74) is -0.0419. The minimum atomic E-state index is -2.87. The molecule has 33 heavy (non-hydrogen) atoms. The van der Waals surface area contributed by atoms with Crippen LogP contribution in [0.4, 0.5) is 18.9 Å². The number of amides is 2. The predicted octanol–water partition coefficient (Wildman–Crippen LogP) is 3.98. The summed E-state index contributed by atoms with van der Waals surface area (Å²) in [5.74, 6) is 3.47. The van der Waals surface area contributed by atoms with E-state index in [4.69, 9.17) is 11.6 Å². The van der Waals surface area contributed by atoms with E-state index in [1.807, 2.05) is 0 Å². The van der Waals surface area contributed by atoms with Crippen LogP contribution in [0.1, 0.15) is 31.2 Å². The van der Waals surface area contributed by atoms with Crippen LogP contribution in [0.2, 0.25) is 4.34 Å². The second-order valence-electron chi connectivity index (χ2n) is 6.59. The molecule has 170 valence electrons. The van der Waals surface area contributed by atoms with Gasteiger partial charge in [0.2, 0.25) is 0 Å². The monoisotopic (exact) mass is 493 g/mol. The van der Waals surface area contributed by atoms with Crippen LogP contribution in [-0.4, -0.2) is 29.9 Å². The van der Waals surface area contributed by atoms with E-state index in [0.717, 1.165) is 23.6 Å². The van der Waals surface area contributed by atoms with Crippen LogP contribution in [0.25, 0.3) is 0 Å². The number of thiophene rings is 1. The highest BCUT2D eigenvalue weighted by Crippen LogP contribution is 2.28. The minimum absolute atomic E-state index is 0.135. The lowest BCUT2D eigenvalue weighted by Crippen LogP contribution is -2.26. The Morgan fingerprint density at radius 3 is 2.64 bits per heavy atom. The van der Waals surface area contributed by atoms with Gasteiger partial charge in [-0.2, -0.15) is 0 Å². The van der Waals surface area contributed by atoms with Gasteiger partial charge < -0.3 is 15.2 Å². The SMILES string of the molecule is CNC(=O)c1cccc(C#Cc2cc(C(=O)Nc3cc(F)c(=O)n(CC(F)F)c3)sc2Cl)c1. The molecule has 11 heteroatoms. The molecule has 0 aliphatic rings. The topological polar surface area (TPSA) is 80.2 Å². The number of nitrogens with one attached hydrogen (secondary N) is 2. The molecule has 0 spiro atoms. The molecule has 1 aromatic carbocycles. The molecule has 2 N–H and O–H groups in total. The molecule has 0 bridgehead atoms. The maximum absolute atomic E-state index is 13.8. The zero-order chi connectivity index (χ0) is 24.1. The first kappa shape index (κ1) is 24.1. The largest absolute Gasteiger partial charge is 0.355 e. The number of aromatic nitrogens is 1. The number of nitrogens with zero attached hydrogens (tertiary/aromatic N) is 1. The van der Waals surface area contributed by atoms with Gasteiger partial charge in [-0.15, -0.1) is 11.3 Å². The fourth-order valence-electron chi connectivity index (χ4n) is 2.73. The van der Waals surface area contributed by atoms with Gasteiger partial charge in [-0.3, -0.25) is 14.4 Å². The van der Waals surface area contributed by atoms with Crippen molar-refractivity contribution in [2.75, 3.05) is 12.4 Å². The van der Waals surface area contributed by atoms with Crippen molar-refractivity contribution < 1.29 is 22.8 Å². The number of hydrogen-bond acceptors (Lipinski definition) is 4. The normalized spacial score (nSPS) is 10.5. The van der Waals surface area contributed by atoms with Gasteiger partial charge in [0.25, 0.3) is 23.8 Å². The Morgan fingerprint density at radius 1 is 1.18 bits per heavy atom. The number of rotatable bonds is 5. The van der Waals surface area contributed by atoms with Crippen molar-refractivity contribution >= 4 is 40.4 Å². The highest BCUT2D eigenvalue weighted by molar-refractivity contribution is 7.18. The Balaban J connectivity index is 1.81. The van der Waals surface area contributed by atoms with Crippen molar-refractivity contribution in [1.82, 2.24) is 9.88 Å². The van der Waals surface area contributed by atoms with Crippen LogP contribution in [0.5, 0.6) is 0 Å². The van der Waals surface area contributed by atoms with Crippen molar-refractivity contribution in [1.29, 1.82) is 0 Å². The van der Waals surface area contributed by atoms with Gasteiger partial charge in [0.1, 0.15) is 4.34 Å². The molecule has 0 aliphatic carbocycles. The van der Waals surface area contributed by atoms with Crippen molar-refractivity contribution in [2.45, 2.75) is 13.0 Å². The van der Waals surface area contributed by atoms with E-state index >= 15 is 0 Å². The molecule has 2 heterocycles. The molecule has 3 aromatic rings. The van der Waals surface area contributed by atoms with Crippen molar-refractivity contribution in [3.05, 3.63) is 84.7 Å². The molecular formula is C22H15ClF3N3O3S. The van der Waals surface area contributed by atoms with Crippen LogP contribution < -0.4 is 16.2 Å². The molecule has 0 atom stereocenters. The second-order valence-corrected chi connectivity index (χ2v) is 8.24. The van der Waals surface area contributed by atoms with Crippen LogP contribution in [0, 0.1) is 17.7 Å². The lowest BCUT2D eigenvalue weighted by molar-refractivity contribution is 0.0962. The standard InChI is InChI=1S/C22H15ClF3N3O3S/c1-27-20(30)14-4-2-3-12(7-14)5-6-13-8-17(33-19(13)23)21(31)28-15-9-16(24)22(32)29(10-15)11-18(25)26/h2-4,7-10,18H,11H2,1H3,(H,27,30)(H,28,31). The van der Waals surface area contributed by atoms with E-state index < -0.39 is 30.3 Å². The fourth-order valence-corrected chi connectivity index (χ4v) is 3.82. The zero-order valence-electron chi connectivity index (χ0n) is 16.9. The number of alkyl halides is 2. The molecule has 0 radical (unpaired) electrons. The molecule has 2 amide bonds. The quantitative estimate of drug-likeness (QED) is 0.528. The number of benzene rings is 1. The van der Waals surface area contributed by atoms with Crippen molar-refractivity contribution in [3.8, 4) is 11.8 Å². The molecule has 0 aliphatic heterocycles. The lowest BCUT2D eigenvalue weighted by Gasteiger charge is -2.09. The van der Waals surface area contributed by atoms with E-state index in [1.54, 1.807) is 24.3 Å². The number of halogens is 4. The summed E-state index contributed by atoms with van der Waals surface area (Å²) in [6, 6.07) is 8.78. The summed E-state index contributed by atoms with van der Waals surface area (Å²) in [4.78, 5) is 36.0. The Morgan fingerprint density at radius 2 is 1.94 bits per heavy atom. The second kappa shape index (κ2) is 10.4. The summed E-state index contributed by atoms with van der Waals surface area (Å²) in [7, 11) is 1.51. The van der Waals surface area contributed by atoms with Crippen LogP contribution in [0.3, 0.4) is 0 Å². The summed E-state index contributed by atoms with van der Waals surface area (Å²) in [5, 5.41) is 4.87. The highest BCUT2D eigenvalue weighted by Gasteiger charge is 2.16. The average molecular weight is 494 g/mol. The first-order chi connectivity index (χ1) is 15.7. The number of anilines is 1. The van der Waals surface area contributed by atoms with Crippen molar-refractivity contribution in [3.63, 3.8) is 0 Å². The summed E-state index contributed by atoms with van der Waals surface area (Å²) >= 11 is 7.09. The van der Waals surface area contributed by atoms with Gasteiger partial charge in [-0.05, 0) is 24.3 Å². The zero-order valence-corrected chi connectivity index (χ0v) is 18.5. The fraction of sp³-hybridized carbons (Fsp3) is 0.136. The first-order valence-corrected chi connectivity index (χ1v) is 10.5. The Hall–Kier alpha value is -3.55. The Labute approximate surface area is 195 Å². The maximum Gasteiger partial charge on any atom is 0.286 e. The molecule has 0 fully saturated rings. The first-order valence-electron chi connectivity index (χ1n) is 9.31. The minimum Gasteiger partial charge on any atom is -0.355 e. The van der Waals surface area contributed by atoms with Crippen LogP contribution in [0.15, 0.2) is 47.4 Å². The van der Waals surface area contributed by atoms with E-state index in [1.165, 1.54) is 13.1 Å². The van der Waals surface area contributed by atoms with Gasteiger partial charge in [-0.1, -0.05) is 29.5 Å². The van der Waals surface area contributed by atoms with Gasteiger partial charge in [0, 0.05) is 30.4 Å². The predicted molar refractivity (Wildman–Crippen MR) is 120 cm³/mol. The Kier molecular flexibility index (Phi) is 7.58. The smallest absolute Gasteiger partial charge is 0.286 e. The summed E-state index contributed by atoms with van der Waals surface area (Å²) < 4.78 is 39.7. The highest BCUT2D eigenvalue weighted by atomic mass is 35.5.